The van der Waals surface area contributed by atoms with Crippen LogP contribution in [-0.2, 0) is 0 Å². The third kappa shape index (κ3) is 3.03. The molecule has 7 heteroatoms. The van der Waals surface area contributed by atoms with Gasteiger partial charge in [-0.2, -0.15) is 0 Å². The molecule has 0 fully saturated rings. The second-order valence-corrected chi connectivity index (χ2v) is 3.48. The standard InChI is InChI=1S/C12H8N2O5/c15-11(16)7-1-3-9(13-5-7)19-10-4-2-8(6-14-10)12(17)18/h1-6H,(H,15,16)(H,17,18). The lowest BCUT2D eigenvalue weighted by molar-refractivity contribution is 0.0685. The van der Waals surface area contributed by atoms with Crippen LogP contribution in [0.5, 0.6) is 11.8 Å². The lowest BCUT2D eigenvalue weighted by atomic mass is 10.3. The lowest BCUT2D eigenvalue weighted by Crippen LogP contribution is -1.99. The molecule has 0 aliphatic heterocycles. The Balaban J connectivity index is 2.12. The number of aromatic carboxylic acids is 2. The van der Waals surface area contributed by atoms with E-state index in [0.717, 1.165) is 12.4 Å². The van der Waals surface area contributed by atoms with E-state index in [9.17, 15) is 9.59 Å². The Kier molecular flexibility index (Phi) is 3.37. The number of carbonyl (C=O) groups is 2. The summed E-state index contributed by atoms with van der Waals surface area (Å²) in [5.41, 5.74) is 0.0862. The molecule has 0 amide bonds. The predicted molar refractivity (Wildman–Crippen MR) is 62.5 cm³/mol. The molecule has 2 heterocycles. The molecule has 0 saturated heterocycles. The number of pyridine rings is 2. The summed E-state index contributed by atoms with van der Waals surface area (Å²) in [5.74, 6) is -1.83. The average molecular weight is 260 g/mol. The van der Waals surface area contributed by atoms with E-state index in [1.807, 2.05) is 0 Å². The molecule has 2 N–H and O–H groups in total. The van der Waals surface area contributed by atoms with Gasteiger partial charge in [0, 0.05) is 24.5 Å². The topological polar surface area (TPSA) is 110 Å². The first-order chi connectivity index (χ1) is 9.06. The van der Waals surface area contributed by atoms with E-state index in [-0.39, 0.29) is 22.9 Å². The number of carboxylic acid groups (broad SMARTS) is 2. The van der Waals surface area contributed by atoms with Gasteiger partial charge < -0.3 is 14.9 Å². The quantitative estimate of drug-likeness (QED) is 0.860. The molecule has 0 saturated carbocycles. The molecule has 2 aromatic heterocycles. The fourth-order valence-electron chi connectivity index (χ4n) is 1.24. The van der Waals surface area contributed by atoms with E-state index in [1.54, 1.807) is 0 Å². The smallest absolute Gasteiger partial charge is 0.337 e. The number of carboxylic acids is 2. The minimum Gasteiger partial charge on any atom is -0.478 e. The Morgan fingerprint density at radius 2 is 1.26 bits per heavy atom. The molecule has 0 aliphatic carbocycles. The van der Waals surface area contributed by atoms with Gasteiger partial charge in [0.05, 0.1) is 11.1 Å². The van der Waals surface area contributed by atoms with Crippen molar-refractivity contribution in [2.75, 3.05) is 0 Å². The van der Waals surface area contributed by atoms with E-state index < -0.39 is 11.9 Å². The van der Waals surface area contributed by atoms with Crippen LogP contribution < -0.4 is 4.74 Å². The molecule has 0 spiro atoms. The molecular weight excluding hydrogens is 252 g/mol. The average Bonchev–Trinajstić information content (AvgIpc) is 2.40. The third-order valence-electron chi connectivity index (χ3n) is 2.18. The first-order valence-corrected chi connectivity index (χ1v) is 5.13. The second-order valence-electron chi connectivity index (χ2n) is 3.48. The van der Waals surface area contributed by atoms with Crippen molar-refractivity contribution < 1.29 is 24.5 Å². The van der Waals surface area contributed by atoms with Gasteiger partial charge in [-0.05, 0) is 12.1 Å². The molecule has 19 heavy (non-hydrogen) atoms. The van der Waals surface area contributed by atoms with E-state index in [0.29, 0.717) is 0 Å². The molecule has 0 aliphatic rings. The van der Waals surface area contributed by atoms with Gasteiger partial charge in [-0.3, -0.25) is 0 Å². The van der Waals surface area contributed by atoms with Crippen molar-refractivity contribution in [3.05, 3.63) is 47.8 Å². The Labute approximate surface area is 107 Å². The molecule has 2 aromatic rings. The Morgan fingerprint density at radius 1 is 0.842 bits per heavy atom. The monoisotopic (exact) mass is 260 g/mol. The normalized spacial score (nSPS) is 9.89. The highest BCUT2D eigenvalue weighted by molar-refractivity contribution is 5.87. The van der Waals surface area contributed by atoms with Crippen LogP contribution in [-0.4, -0.2) is 32.1 Å². The van der Waals surface area contributed by atoms with Gasteiger partial charge in [0.1, 0.15) is 0 Å². The Bertz CT molecular complexity index is 552. The fraction of sp³-hybridized carbons (Fsp3) is 0. The van der Waals surface area contributed by atoms with Gasteiger partial charge in [-0.25, -0.2) is 19.6 Å². The Morgan fingerprint density at radius 3 is 1.53 bits per heavy atom. The van der Waals surface area contributed by atoms with Gasteiger partial charge in [0.25, 0.3) is 0 Å². The molecular formula is C12H8N2O5. The summed E-state index contributed by atoms with van der Waals surface area (Å²) in [4.78, 5) is 28.8. The molecule has 0 aromatic carbocycles. The number of hydrogen-bond acceptors (Lipinski definition) is 5. The van der Waals surface area contributed by atoms with Crippen LogP contribution in [0.1, 0.15) is 20.7 Å². The first kappa shape index (κ1) is 12.5. The second kappa shape index (κ2) is 5.13. The van der Waals surface area contributed by atoms with Crippen LogP contribution in [0.25, 0.3) is 0 Å². The van der Waals surface area contributed by atoms with Crippen molar-refractivity contribution in [1.29, 1.82) is 0 Å². The third-order valence-corrected chi connectivity index (χ3v) is 2.18. The predicted octanol–water partition coefficient (Wildman–Crippen LogP) is 1.67. The van der Waals surface area contributed by atoms with Gasteiger partial charge in [-0.1, -0.05) is 0 Å². The van der Waals surface area contributed by atoms with Gasteiger partial charge in [-0.15, -0.1) is 0 Å². The highest BCUT2D eigenvalue weighted by atomic mass is 16.5. The van der Waals surface area contributed by atoms with Crippen molar-refractivity contribution in [1.82, 2.24) is 9.97 Å². The minimum atomic E-state index is -1.08. The number of aromatic nitrogens is 2. The van der Waals surface area contributed by atoms with Crippen LogP contribution in [0.3, 0.4) is 0 Å². The SMILES string of the molecule is O=C(O)c1ccc(Oc2ccc(C(=O)O)cn2)nc1. The van der Waals surface area contributed by atoms with Crippen molar-refractivity contribution in [2.45, 2.75) is 0 Å². The van der Waals surface area contributed by atoms with Gasteiger partial charge in [0.2, 0.25) is 11.8 Å². The summed E-state index contributed by atoms with van der Waals surface area (Å²) in [6.07, 6.45) is 2.31. The highest BCUT2D eigenvalue weighted by Gasteiger charge is 2.06. The maximum atomic E-state index is 10.6. The van der Waals surface area contributed by atoms with Crippen molar-refractivity contribution >= 4 is 11.9 Å². The molecule has 0 radical (unpaired) electrons. The van der Waals surface area contributed by atoms with Crippen LogP contribution in [0.2, 0.25) is 0 Å². The number of ether oxygens (including phenoxy) is 1. The molecule has 0 atom stereocenters. The molecule has 0 bridgehead atoms. The van der Waals surface area contributed by atoms with Gasteiger partial charge in [0.15, 0.2) is 0 Å². The van der Waals surface area contributed by atoms with Crippen molar-refractivity contribution in [3.8, 4) is 11.8 Å². The van der Waals surface area contributed by atoms with Crippen LogP contribution in [0.4, 0.5) is 0 Å². The summed E-state index contributed by atoms with van der Waals surface area (Å²) in [6, 6.07) is 5.46. The Hall–Kier alpha value is -2.96. The van der Waals surface area contributed by atoms with E-state index in [2.05, 4.69) is 9.97 Å². The zero-order chi connectivity index (χ0) is 13.8. The molecule has 2 rings (SSSR count). The highest BCUT2D eigenvalue weighted by Crippen LogP contribution is 2.17. The van der Waals surface area contributed by atoms with E-state index in [4.69, 9.17) is 14.9 Å². The first-order valence-electron chi connectivity index (χ1n) is 5.13. The minimum absolute atomic E-state index is 0.0431. The number of nitrogens with zero attached hydrogens (tertiary/aromatic N) is 2. The van der Waals surface area contributed by atoms with Crippen LogP contribution in [0.15, 0.2) is 36.7 Å². The number of hydrogen-bond donors (Lipinski definition) is 2. The van der Waals surface area contributed by atoms with Crippen molar-refractivity contribution in [3.63, 3.8) is 0 Å². The zero-order valence-electron chi connectivity index (χ0n) is 9.48. The number of rotatable bonds is 4. The van der Waals surface area contributed by atoms with Gasteiger partial charge >= 0.3 is 11.9 Å². The maximum absolute atomic E-state index is 10.6. The molecule has 96 valence electrons. The lowest BCUT2D eigenvalue weighted by Gasteiger charge is -2.03. The summed E-state index contributed by atoms with van der Waals surface area (Å²) in [7, 11) is 0. The summed E-state index contributed by atoms with van der Waals surface area (Å²) in [5, 5.41) is 17.4. The fourth-order valence-corrected chi connectivity index (χ4v) is 1.24. The maximum Gasteiger partial charge on any atom is 0.337 e. The van der Waals surface area contributed by atoms with Crippen LogP contribution >= 0.6 is 0 Å². The largest absolute Gasteiger partial charge is 0.478 e. The zero-order valence-corrected chi connectivity index (χ0v) is 9.48. The van der Waals surface area contributed by atoms with E-state index in [1.165, 1.54) is 24.3 Å². The van der Waals surface area contributed by atoms with Crippen molar-refractivity contribution in [2.24, 2.45) is 0 Å². The summed E-state index contributed by atoms with van der Waals surface area (Å²) < 4.78 is 5.24. The molecule has 7 nitrogen and oxygen atoms in total. The summed E-state index contributed by atoms with van der Waals surface area (Å²) in [6.45, 7) is 0. The van der Waals surface area contributed by atoms with Crippen LogP contribution in [0, 0.1) is 0 Å². The summed E-state index contributed by atoms with van der Waals surface area (Å²) >= 11 is 0. The molecule has 0 unspecified atom stereocenters. The van der Waals surface area contributed by atoms with E-state index >= 15 is 0 Å².